The van der Waals surface area contributed by atoms with Crippen LogP contribution in [0.2, 0.25) is 0 Å². The average Bonchev–Trinajstić information content (AvgIpc) is 3.10. The van der Waals surface area contributed by atoms with Gasteiger partial charge in [-0.3, -0.25) is 4.79 Å². The molecule has 0 aliphatic rings. The van der Waals surface area contributed by atoms with E-state index in [4.69, 9.17) is 4.74 Å². The highest BCUT2D eigenvalue weighted by Crippen LogP contribution is 2.22. The molecule has 0 saturated carbocycles. The topological polar surface area (TPSA) is 67.0 Å². The van der Waals surface area contributed by atoms with Crippen molar-refractivity contribution in [2.75, 3.05) is 18.6 Å². The van der Waals surface area contributed by atoms with Gasteiger partial charge in [0.15, 0.2) is 6.61 Å². The Kier molecular flexibility index (Phi) is 6.40. The number of hydrogen-bond donors (Lipinski definition) is 2. The third-order valence-corrected chi connectivity index (χ3v) is 5.24. The Morgan fingerprint density at radius 1 is 1.22 bits per heavy atom. The molecular weight excluding hydrogens is 358 g/mol. The molecule has 0 bridgehead atoms. The second-order valence-electron chi connectivity index (χ2n) is 6.53. The number of H-pyrrole nitrogens is 1. The van der Waals surface area contributed by atoms with Crippen LogP contribution < -0.4 is 10.1 Å². The highest BCUT2D eigenvalue weighted by molar-refractivity contribution is 7.98. The number of benzene rings is 2. The van der Waals surface area contributed by atoms with Crippen LogP contribution in [0, 0.1) is 13.8 Å². The molecule has 0 aliphatic heterocycles. The number of aryl methyl sites for hydroxylation is 1. The third kappa shape index (κ3) is 4.83. The number of amides is 1. The van der Waals surface area contributed by atoms with Crippen LogP contribution in [-0.4, -0.2) is 34.5 Å². The molecule has 3 rings (SSSR count). The third-order valence-electron chi connectivity index (χ3n) is 4.60. The molecule has 1 heterocycles. The van der Waals surface area contributed by atoms with Crippen molar-refractivity contribution in [1.82, 2.24) is 15.3 Å². The van der Waals surface area contributed by atoms with Crippen molar-refractivity contribution in [3.8, 4) is 5.75 Å². The Labute approximate surface area is 163 Å². The van der Waals surface area contributed by atoms with Crippen molar-refractivity contribution in [2.24, 2.45) is 0 Å². The summed E-state index contributed by atoms with van der Waals surface area (Å²) in [6.45, 7) is 4.01. The maximum absolute atomic E-state index is 12.5. The molecule has 5 nitrogen and oxygen atoms in total. The molecule has 27 heavy (non-hydrogen) atoms. The molecule has 6 heteroatoms. The summed E-state index contributed by atoms with van der Waals surface area (Å²) >= 11 is 1.75. The van der Waals surface area contributed by atoms with Crippen molar-refractivity contribution in [2.45, 2.75) is 26.3 Å². The smallest absolute Gasteiger partial charge is 0.258 e. The van der Waals surface area contributed by atoms with Crippen LogP contribution in [0.1, 0.15) is 29.4 Å². The monoisotopic (exact) mass is 383 g/mol. The fourth-order valence-corrected chi connectivity index (χ4v) is 3.38. The molecule has 0 saturated heterocycles. The minimum atomic E-state index is -0.167. The summed E-state index contributed by atoms with van der Waals surface area (Å²) < 4.78 is 5.73. The molecule has 1 aromatic heterocycles. The number of fused-ring (bicyclic) bond motifs is 1. The van der Waals surface area contributed by atoms with Gasteiger partial charge in [0, 0.05) is 0 Å². The van der Waals surface area contributed by atoms with Crippen LogP contribution >= 0.6 is 11.8 Å². The van der Waals surface area contributed by atoms with Gasteiger partial charge in [-0.05, 0) is 61.6 Å². The van der Waals surface area contributed by atoms with E-state index in [0.717, 1.165) is 45.9 Å². The zero-order chi connectivity index (χ0) is 19.2. The first kappa shape index (κ1) is 19.3. The van der Waals surface area contributed by atoms with Gasteiger partial charge in [0.1, 0.15) is 11.6 Å². The minimum Gasteiger partial charge on any atom is -0.483 e. The number of carbonyl (C=O) groups excluding carboxylic acids is 1. The zero-order valence-corrected chi connectivity index (χ0v) is 16.7. The van der Waals surface area contributed by atoms with E-state index in [2.05, 4.69) is 21.5 Å². The molecule has 142 valence electrons. The van der Waals surface area contributed by atoms with Gasteiger partial charge in [0.25, 0.3) is 5.91 Å². The predicted molar refractivity (Wildman–Crippen MR) is 111 cm³/mol. The van der Waals surface area contributed by atoms with Gasteiger partial charge < -0.3 is 15.0 Å². The number of para-hydroxylation sites is 2. The standard InChI is InChI=1S/C21H25N3O2S/c1-14-7-6-10-19(15(14)2)26-13-20(25)22-18(11-12-27-3)21-23-16-8-4-5-9-17(16)24-21/h4-10,18H,11-13H2,1-3H3,(H,22,25)(H,23,24)/t18-/m0/s1. The van der Waals surface area contributed by atoms with Crippen molar-refractivity contribution in [1.29, 1.82) is 0 Å². The van der Waals surface area contributed by atoms with E-state index < -0.39 is 0 Å². The molecule has 0 radical (unpaired) electrons. The fraction of sp³-hybridized carbons (Fsp3) is 0.333. The summed E-state index contributed by atoms with van der Waals surface area (Å²) in [6, 6.07) is 13.6. The van der Waals surface area contributed by atoms with E-state index in [0.29, 0.717) is 0 Å². The maximum atomic E-state index is 12.5. The number of nitrogens with one attached hydrogen (secondary N) is 2. The number of thioether (sulfide) groups is 1. The molecule has 2 aromatic carbocycles. The van der Waals surface area contributed by atoms with Gasteiger partial charge in [-0.1, -0.05) is 24.3 Å². The van der Waals surface area contributed by atoms with Crippen LogP contribution in [0.4, 0.5) is 0 Å². The Morgan fingerprint density at radius 2 is 2.04 bits per heavy atom. The van der Waals surface area contributed by atoms with Gasteiger partial charge in [-0.15, -0.1) is 0 Å². The summed E-state index contributed by atoms with van der Waals surface area (Å²) in [5, 5.41) is 3.06. The Hall–Kier alpha value is -2.47. The molecule has 0 unspecified atom stereocenters. The maximum Gasteiger partial charge on any atom is 0.258 e. The van der Waals surface area contributed by atoms with E-state index in [9.17, 15) is 4.79 Å². The molecule has 0 fully saturated rings. The summed E-state index contributed by atoms with van der Waals surface area (Å²) in [5.41, 5.74) is 4.08. The number of rotatable bonds is 8. The van der Waals surface area contributed by atoms with E-state index in [1.807, 2.05) is 56.3 Å². The lowest BCUT2D eigenvalue weighted by Crippen LogP contribution is -2.33. The van der Waals surface area contributed by atoms with E-state index >= 15 is 0 Å². The number of aromatic nitrogens is 2. The summed E-state index contributed by atoms with van der Waals surface area (Å²) in [7, 11) is 0. The van der Waals surface area contributed by atoms with Gasteiger partial charge in [-0.2, -0.15) is 11.8 Å². The van der Waals surface area contributed by atoms with Crippen LogP contribution in [0.5, 0.6) is 5.75 Å². The first-order valence-electron chi connectivity index (χ1n) is 9.00. The summed E-state index contributed by atoms with van der Waals surface area (Å²) in [5.74, 6) is 2.31. The molecule has 3 aromatic rings. The summed E-state index contributed by atoms with van der Waals surface area (Å²) in [4.78, 5) is 20.5. The minimum absolute atomic E-state index is 0.0136. The van der Waals surface area contributed by atoms with Crippen LogP contribution in [0.25, 0.3) is 11.0 Å². The van der Waals surface area contributed by atoms with E-state index in [1.54, 1.807) is 11.8 Å². The van der Waals surface area contributed by atoms with Gasteiger partial charge >= 0.3 is 0 Å². The van der Waals surface area contributed by atoms with Crippen molar-refractivity contribution >= 4 is 28.7 Å². The van der Waals surface area contributed by atoms with Gasteiger partial charge in [0.05, 0.1) is 17.1 Å². The van der Waals surface area contributed by atoms with Gasteiger partial charge in [-0.25, -0.2) is 4.98 Å². The molecule has 1 atom stereocenters. The fourth-order valence-electron chi connectivity index (χ4n) is 2.91. The van der Waals surface area contributed by atoms with Crippen molar-refractivity contribution < 1.29 is 9.53 Å². The number of nitrogens with zero attached hydrogens (tertiary/aromatic N) is 1. The van der Waals surface area contributed by atoms with Crippen LogP contribution in [0.15, 0.2) is 42.5 Å². The molecule has 0 aliphatic carbocycles. The largest absolute Gasteiger partial charge is 0.483 e. The van der Waals surface area contributed by atoms with E-state index in [1.165, 1.54) is 0 Å². The van der Waals surface area contributed by atoms with Crippen LogP contribution in [-0.2, 0) is 4.79 Å². The predicted octanol–water partition coefficient (Wildman–Crippen LogP) is 4.17. The molecule has 0 spiro atoms. The SMILES string of the molecule is CSCC[C@H](NC(=O)COc1cccc(C)c1C)c1nc2ccccc2[nH]1. The highest BCUT2D eigenvalue weighted by Gasteiger charge is 2.18. The first-order valence-corrected chi connectivity index (χ1v) is 10.4. The normalized spacial score (nSPS) is 12.1. The number of imidazole rings is 1. The second kappa shape index (κ2) is 8.95. The number of carbonyl (C=O) groups is 1. The Balaban J connectivity index is 1.68. The number of hydrogen-bond acceptors (Lipinski definition) is 4. The Morgan fingerprint density at radius 3 is 2.81 bits per heavy atom. The van der Waals surface area contributed by atoms with Gasteiger partial charge in [0.2, 0.25) is 0 Å². The summed E-state index contributed by atoms with van der Waals surface area (Å²) in [6.07, 6.45) is 2.86. The lowest BCUT2D eigenvalue weighted by molar-refractivity contribution is -0.123. The number of ether oxygens (including phenoxy) is 1. The molecular formula is C21H25N3O2S. The van der Waals surface area contributed by atoms with Crippen molar-refractivity contribution in [3.63, 3.8) is 0 Å². The average molecular weight is 384 g/mol. The molecule has 1 amide bonds. The highest BCUT2D eigenvalue weighted by atomic mass is 32.2. The van der Waals surface area contributed by atoms with E-state index in [-0.39, 0.29) is 18.6 Å². The first-order chi connectivity index (χ1) is 13.1. The van der Waals surface area contributed by atoms with Crippen molar-refractivity contribution in [3.05, 3.63) is 59.4 Å². The lowest BCUT2D eigenvalue weighted by atomic mass is 10.1. The molecule has 2 N–H and O–H groups in total. The quantitative estimate of drug-likeness (QED) is 0.613. The zero-order valence-electron chi connectivity index (χ0n) is 15.9. The number of aromatic amines is 1. The van der Waals surface area contributed by atoms with Crippen LogP contribution in [0.3, 0.4) is 0 Å². The lowest BCUT2D eigenvalue weighted by Gasteiger charge is -2.17. The second-order valence-corrected chi connectivity index (χ2v) is 7.51. The Bertz CT molecular complexity index is 890.